The number of hydrogen-bond acceptors (Lipinski definition) is 3. The molecule has 108 valence electrons. The number of amides is 1. The van der Waals surface area contributed by atoms with Crippen LogP contribution in [0.2, 0.25) is 5.02 Å². The van der Waals surface area contributed by atoms with Crippen molar-refractivity contribution in [1.29, 1.82) is 0 Å². The SMILES string of the molecule is O=C(NCc1cc(C#CCO)cs1)c1ccc(F)c(Cl)c1. The second-order valence-electron chi connectivity index (χ2n) is 4.07. The first-order valence-electron chi connectivity index (χ1n) is 6.00. The van der Waals surface area contributed by atoms with Gasteiger partial charge in [0.25, 0.3) is 5.91 Å². The smallest absolute Gasteiger partial charge is 0.251 e. The predicted molar refractivity (Wildman–Crippen MR) is 80.9 cm³/mol. The topological polar surface area (TPSA) is 49.3 Å². The Balaban J connectivity index is 1.97. The van der Waals surface area contributed by atoms with E-state index < -0.39 is 5.82 Å². The van der Waals surface area contributed by atoms with Crippen molar-refractivity contribution in [3.05, 3.63) is 56.5 Å². The lowest BCUT2D eigenvalue weighted by atomic mass is 10.2. The molecule has 0 aliphatic heterocycles. The van der Waals surface area contributed by atoms with Crippen molar-refractivity contribution >= 4 is 28.8 Å². The fourth-order valence-corrected chi connectivity index (χ4v) is 2.52. The van der Waals surface area contributed by atoms with E-state index in [0.717, 1.165) is 16.5 Å². The van der Waals surface area contributed by atoms with Crippen LogP contribution in [0.15, 0.2) is 29.6 Å². The Hall–Kier alpha value is -1.87. The van der Waals surface area contributed by atoms with Gasteiger partial charge in [0.05, 0.1) is 11.6 Å². The summed E-state index contributed by atoms with van der Waals surface area (Å²) in [4.78, 5) is 12.8. The Kier molecular flexibility index (Phi) is 5.34. The van der Waals surface area contributed by atoms with E-state index >= 15 is 0 Å². The molecule has 0 bridgehead atoms. The lowest BCUT2D eigenvalue weighted by molar-refractivity contribution is 0.0951. The molecule has 6 heteroatoms. The molecule has 0 fully saturated rings. The first-order chi connectivity index (χ1) is 10.1. The van der Waals surface area contributed by atoms with Gasteiger partial charge in [0.1, 0.15) is 12.4 Å². The fourth-order valence-electron chi connectivity index (χ4n) is 1.59. The minimum Gasteiger partial charge on any atom is -0.384 e. The number of nitrogens with one attached hydrogen (secondary N) is 1. The Morgan fingerprint density at radius 3 is 2.95 bits per heavy atom. The van der Waals surface area contributed by atoms with Crippen LogP contribution < -0.4 is 5.32 Å². The summed E-state index contributed by atoms with van der Waals surface area (Å²) in [5.41, 5.74) is 1.10. The maximum Gasteiger partial charge on any atom is 0.251 e. The minimum absolute atomic E-state index is 0.0830. The summed E-state index contributed by atoms with van der Waals surface area (Å²) in [5, 5.41) is 13.1. The zero-order valence-electron chi connectivity index (χ0n) is 10.8. The third-order valence-corrected chi connectivity index (χ3v) is 3.80. The molecule has 1 aromatic heterocycles. The molecular formula is C15H11ClFNO2S. The molecule has 1 amide bonds. The van der Waals surface area contributed by atoms with E-state index in [-0.39, 0.29) is 17.5 Å². The van der Waals surface area contributed by atoms with Gasteiger partial charge >= 0.3 is 0 Å². The van der Waals surface area contributed by atoms with Gasteiger partial charge in [0.15, 0.2) is 0 Å². The lowest BCUT2D eigenvalue weighted by Crippen LogP contribution is -2.22. The summed E-state index contributed by atoms with van der Waals surface area (Å²) in [5.74, 6) is 4.46. The van der Waals surface area contributed by atoms with E-state index in [9.17, 15) is 9.18 Å². The van der Waals surface area contributed by atoms with Gasteiger partial charge in [0.2, 0.25) is 0 Å². The second kappa shape index (κ2) is 7.23. The normalized spacial score (nSPS) is 9.86. The molecule has 2 N–H and O–H groups in total. The Morgan fingerprint density at radius 1 is 1.43 bits per heavy atom. The standard InChI is InChI=1S/C15H11ClFNO2S/c16-13-7-11(3-4-14(13)17)15(20)18-8-12-6-10(9-21-12)2-1-5-19/h3-4,6-7,9,19H,5,8H2,(H,18,20). The fraction of sp³-hybridized carbons (Fsp3) is 0.133. The number of halogens is 2. The van der Waals surface area contributed by atoms with Crippen LogP contribution in [0.5, 0.6) is 0 Å². The Bertz CT molecular complexity index is 718. The van der Waals surface area contributed by atoms with Gasteiger partial charge in [-0.25, -0.2) is 4.39 Å². The first kappa shape index (κ1) is 15.5. The van der Waals surface area contributed by atoms with Crippen LogP contribution in [0, 0.1) is 17.7 Å². The van der Waals surface area contributed by atoms with Gasteiger partial charge in [-0.1, -0.05) is 23.4 Å². The maximum absolute atomic E-state index is 13.0. The van der Waals surface area contributed by atoms with Gasteiger partial charge in [-0.3, -0.25) is 4.79 Å². The molecule has 0 radical (unpaired) electrons. The molecule has 1 aromatic carbocycles. The summed E-state index contributed by atoms with van der Waals surface area (Å²) >= 11 is 7.10. The van der Waals surface area contributed by atoms with Gasteiger partial charge in [-0.15, -0.1) is 11.3 Å². The molecule has 2 rings (SSSR count). The highest BCUT2D eigenvalue weighted by molar-refractivity contribution is 7.10. The molecule has 0 aliphatic carbocycles. The van der Waals surface area contributed by atoms with Crippen LogP contribution in [0.3, 0.4) is 0 Å². The zero-order chi connectivity index (χ0) is 15.2. The average Bonchev–Trinajstić information content (AvgIpc) is 2.93. The van der Waals surface area contributed by atoms with Crippen molar-refractivity contribution in [3.63, 3.8) is 0 Å². The molecule has 0 unspecified atom stereocenters. The number of aliphatic hydroxyl groups excluding tert-OH is 1. The van der Waals surface area contributed by atoms with Crippen molar-refractivity contribution < 1.29 is 14.3 Å². The van der Waals surface area contributed by atoms with Crippen LogP contribution in [0.25, 0.3) is 0 Å². The van der Waals surface area contributed by atoms with Crippen LogP contribution >= 0.6 is 22.9 Å². The maximum atomic E-state index is 13.0. The molecule has 0 spiro atoms. The third-order valence-electron chi connectivity index (χ3n) is 2.57. The van der Waals surface area contributed by atoms with Crippen LogP contribution in [0.1, 0.15) is 20.8 Å². The van der Waals surface area contributed by atoms with Crippen LogP contribution in [-0.2, 0) is 6.54 Å². The summed E-state index contributed by atoms with van der Waals surface area (Å²) in [6, 6.07) is 5.66. The number of rotatable bonds is 3. The first-order valence-corrected chi connectivity index (χ1v) is 7.26. The molecular weight excluding hydrogens is 313 g/mol. The van der Waals surface area contributed by atoms with E-state index in [1.807, 2.05) is 11.4 Å². The minimum atomic E-state index is -0.557. The highest BCUT2D eigenvalue weighted by Gasteiger charge is 2.09. The van der Waals surface area contributed by atoms with E-state index in [2.05, 4.69) is 17.2 Å². The van der Waals surface area contributed by atoms with Crippen molar-refractivity contribution in [3.8, 4) is 11.8 Å². The van der Waals surface area contributed by atoms with E-state index in [1.54, 1.807) is 0 Å². The van der Waals surface area contributed by atoms with Gasteiger partial charge in [-0.05, 0) is 24.3 Å². The molecule has 0 saturated heterocycles. The quantitative estimate of drug-likeness (QED) is 0.853. The van der Waals surface area contributed by atoms with Crippen molar-refractivity contribution in [1.82, 2.24) is 5.32 Å². The summed E-state index contributed by atoms with van der Waals surface area (Å²) < 4.78 is 13.0. The number of carbonyl (C=O) groups excluding carboxylic acids is 1. The highest BCUT2D eigenvalue weighted by Crippen LogP contribution is 2.17. The molecule has 3 nitrogen and oxygen atoms in total. The van der Waals surface area contributed by atoms with Crippen molar-refractivity contribution in [2.45, 2.75) is 6.54 Å². The van der Waals surface area contributed by atoms with Gasteiger partial charge in [-0.2, -0.15) is 0 Å². The van der Waals surface area contributed by atoms with Crippen LogP contribution in [-0.4, -0.2) is 17.6 Å². The number of aliphatic hydroxyl groups is 1. The third kappa shape index (κ3) is 4.30. The zero-order valence-corrected chi connectivity index (χ0v) is 12.4. The number of carbonyl (C=O) groups is 1. The molecule has 2 aromatic rings. The van der Waals surface area contributed by atoms with E-state index in [1.165, 1.54) is 23.5 Å². The van der Waals surface area contributed by atoms with Crippen LogP contribution in [0.4, 0.5) is 4.39 Å². The molecule has 1 heterocycles. The van der Waals surface area contributed by atoms with E-state index in [0.29, 0.717) is 12.1 Å². The molecule has 21 heavy (non-hydrogen) atoms. The number of benzene rings is 1. The predicted octanol–water partition coefficient (Wildman–Crippen LogP) is 2.81. The molecule has 0 aliphatic rings. The van der Waals surface area contributed by atoms with Crippen molar-refractivity contribution in [2.24, 2.45) is 0 Å². The average molecular weight is 324 g/mol. The monoisotopic (exact) mass is 323 g/mol. The van der Waals surface area contributed by atoms with E-state index in [4.69, 9.17) is 16.7 Å². The Morgan fingerprint density at radius 2 is 2.24 bits per heavy atom. The summed E-state index contributed by atoms with van der Waals surface area (Å²) in [6.07, 6.45) is 0. The number of hydrogen-bond donors (Lipinski definition) is 2. The molecule has 0 saturated carbocycles. The second-order valence-corrected chi connectivity index (χ2v) is 5.48. The van der Waals surface area contributed by atoms with Crippen molar-refractivity contribution in [2.75, 3.05) is 6.61 Å². The molecule has 0 atom stereocenters. The van der Waals surface area contributed by atoms with Gasteiger partial charge < -0.3 is 10.4 Å². The largest absolute Gasteiger partial charge is 0.384 e. The lowest BCUT2D eigenvalue weighted by Gasteiger charge is -2.04. The summed E-state index contributed by atoms with van der Waals surface area (Å²) in [6.45, 7) is 0.159. The number of thiophene rings is 1. The summed E-state index contributed by atoms with van der Waals surface area (Å²) in [7, 11) is 0. The Labute approximate surface area is 130 Å². The highest BCUT2D eigenvalue weighted by atomic mass is 35.5. The van der Waals surface area contributed by atoms with Gasteiger partial charge in [0, 0.05) is 21.4 Å².